The number of fused-ring (bicyclic) bond motifs is 3. The van der Waals surface area contributed by atoms with Crippen LogP contribution in [0.4, 0.5) is 17.1 Å². The molecule has 9 nitrogen and oxygen atoms in total. The molecule has 3 heterocycles. The van der Waals surface area contributed by atoms with Crippen molar-refractivity contribution in [3.63, 3.8) is 0 Å². The second kappa shape index (κ2) is 14.8. The number of imide groups is 1. The molecule has 1 aliphatic carbocycles. The molecule has 1 aromatic heterocycles. The number of allylic oxidation sites excluding steroid dienone is 1. The van der Waals surface area contributed by atoms with Gasteiger partial charge in [0.05, 0.1) is 53.2 Å². The molecule has 256 valence electrons. The number of hydrogen-bond donors (Lipinski definition) is 2. The number of anilines is 3. The van der Waals surface area contributed by atoms with Crippen LogP contribution in [0.1, 0.15) is 30.5 Å². The van der Waals surface area contributed by atoms with Gasteiger partial charge in [-0.15, -0.1) is 0 Å². The lowest BCUT2D eigenvalue weighted by molar-refractivity contribution is -0.122. The average Bonchev–Trinajstić information content (AvgIpc) is 3.67. The van der Waals surface area contributed by atoms with Gasteiger partial charge in [-0.3, -0.25) is 19.5 Å². The number of phenolic OH excluding ortho intramolecular Hbond substituents is 1. The number of hydrogen-bond acceptors (Lipinski definition) is 8. The van der Waals surface area contributed by atoms with Gasteiger partial charge in [0, 0.05) is 30.6 Å². The van der Waals surface area contributed by atoms with Crippen molar-refractivity contribution in [2.45, 2.75) is 25.4 Å². The molecule has 50 heavy (non-hydrogen) atoms. The fraction of sp³-hybridized carbons (Fsp3) is 0.275. The number of ether oxygens (including phenoxy) is 3. The van der Waals surface area contributed by atoms with Crippen molar-refractivity contribution in [2.75, 3.05) is 37.7 Å². The maximum absolute atomic E-state index is 14.1. The number of rotatable bonds is 11. The van der Waals surface area contributed by atoms with E-state index in [-0.39, 0.29) is 29.6 Å². The van der Waals surface area contributed by atoms with E-state index >= 15 is 0 Å². The Labute approximate surface area is 305 Å². The number of pyridine rings is 1. The smallest absolute Gasteiger partial charge is 0.238 e. The molecule has 0 radical (unpaired) electrons. The van der Waals surface area contributed by atoms with E-state index in [0.717, 1.165) is 39.4 Å². The Morgan fingerprint density at radius 2 is 1.76 bits per heavy atom. The summed E-state index contributed by atoms with van der Waals surface area (Å²) in [6.07, 6.45) is 5.38. The summed E-state index contributed by atoms with van der Waals surface area (Å²) in [7, 11) is 3.20. The van der Waals surface area contributed by atoms with Gasteiger partial charge in [0.25, 0.3) is 0 Å². The number of carbonyl (C=O) groups is 2. The van der Waals surface area contributed by atoms with E-state index in [1.807, 2.05) is 84.9 Å². The van der Waals surface area contributed by atoms with Crippen molar-refractivity contribution in [1.82, 2.24) is 4.98 Å². The molecule has 2 aliphatic heterocycles. The van der Waals surface area contributed by atoms with Gasteiger partial charge in [-0.2, -0.15) is 0 Å². The van der Waals surface area contributed by atoms with Crippen molar-refractivity contribution in [2.24, 2.45) is 17.8 Å². The number of halogens is 1. The van der Waals surface area contributed by atoms with Crippen LogP contribution in [-0.4, -0.2) is 55.4 Å². The first kappa shape index (κ1) is 34.0. The predicted octanol–water partition coefficient (Wildman–Crippen LogP) is 7.63. The molecule has 10 heteroatoms. The third kappa shape index (κ3) is 6.67. The molecule has 0 spiro atoms. The second-order valence-corrected chi connectivity index (χ2v) is 13.9. The quantitative estimate of drug-likeness (QED) is 0.0909. The largest absolute Gasteiger partial charge is 0.504 e. The van der Waals surface area contributed by atoms with Gasteiger partial charge in [-0.25, -0.2) is 0 Å². The normalized spacial score (nSPS) is 21.7. The zero-order valence-electron chi connectivity index (χ0n) is 27.8. The van der Waals surface area contributed by atoms with E-state index in [0.29, 0.717) is 47.5 Å². The van der Waals surface area contributed by atoms with Crippen molar-refractivity contribution >= 4 is 63.1 Å². The van der Waals surface area contributed by atoms with Crippen LogP contribution in [0.2, 0.25) is 0 Å². The Kier molecular flexibility index (Phi) is 10.0. The summed E-state index contributed by atoms with van der Waals surface area (Å²) in [6, 6.07) is 26.8. The highest BCUT2D eigenvalue weighted by atomic mass is 127. The summed E-state index contributed by atoms with van der Waals surface area (Å²) in [5.41, 5.74) is 7.28. The number of aromatic hydroxyl groups is 1. The first-order valence-corrected chi connectivity index (χ1v) is 17.7. The van der Waals surface area contributed by atoms with E-state index in [1.165, 1.54) is 12.0 Å². The van der Waals surface area contributed by atoms with E-state index in [9.17, 15) is 14.7 Å². The summed E-state index contributed by atoms with van der Waals surface area (Å²) in [4.78, 5) is 34.1. The van der Waals surface area contributed by atoms with Crippen LogP contribution in [0.3, 0.4) is 0 Å². The minimum absolute atomic E-state index is 0.110. The van der Waals surface area contributed by atoms with Gasteiger partial charge in [0.2, 0.25) is 11.8 Å². The number of nitrogens with one attached hydrogen (secondary N) is 1. The monoisotopic (exact) mass is 783 g/mol. The number of methoxy groups -OCH3 is 2. The molecule has 0 bridgehead atoms. The molecule has 0 unspecified atom stereocenters. The summed E-state index contributed by atoms with van der Waals surface area (Å²) in [6.45, 7) is 0.752. The van der Waals surface area contributed by atoms with Crippen molar-refractivity contribution in [3.8, 4) is 11.5 Å². The summed E-state index contributed by atoms with van der Waals surface area (Å²) in [5, 5.41) is 13.7. The number of aromatic nitrogens is 1. The molecular weight excluding hydrogens is 745 g/mol. The van der Waals surface area contributed by atoms with E-state index in [2.05, 4.69) is 39.0 Å². The first-order chi connectivity index (χ1) is 24.4. The molecule has 4 aromatic rings. The van der Waals surface area contributed by atoms with Gasteiger partial charge < -0.3 is 24.6 Å². The fourth-order valence-corrected chi connectivity index (χ4v) is 8.19. The van der Waals surface area contributed by atoms with Gasteiger partial charge in [0.15, 0.2) is 11.5 Å². The zero-order chi connectivity index (χ0) is 34.8. The minimum atomic E-state index is -0.484. The maximum Gasteiger partial charge on any atom is 0.238 e. The molecule has 0 saturated carbocycles. The molecular formula is C40H38IN3O6. The highest BCUT2D eigenvalue weighted by Gasteiger charge is 2.57. The van der Waals surface area contributed by atoms with Gasteiger partial charge in [-0.05, 0) is 131 Å². The fourth-order valence-electron chi connectivity index (χ4n) is 7.56. The van der Waals surface area contributed by atoms with E-state index in [1.54, 1.807) is 13.3 Å². The molecule has 2 N–H and O–H groups in total. The van der Waals surface area contributed by atoms with Gasteiger partial charge >= 0.3 is 0 Å². The molecule has 2 saturated heterocycles. The summed E-state index contributed by atoms with van der Waals surface area (Å²) < 4.78 is 18.2. The second-order valence-electron chi connectivity index (χ2n) is 12.8. The molecule has 3 aromatic carbocycles. The van der Waals surface area contributed by atoms with Crippen molar-refractivity contribution in [3.05, 3.63) is 117 Å². The lowest BCUT2D eigenvalue weighted by Crippen LogP contribution is -2.35. The van der Waals surface area contributed by atoms with Crippen LogP contribution in [-0.2, 0) is 19.1 Å². The first-order valence-electron chi connectivity index (χ1n) is 16.7. The molecule has 7 rings (SSSR count). The van der Waals surface area contributed by atoms with Gasteiger partial charge in [-0.1, -0.05) is 24.3 Å². The zero-order valence-corrected chi connectivity index (χ0v) is 30.0. The third-order valence-corrected chi connectivity index (χ3v) is 10.6. The Balaban J connectivity index is 1.13. The Bertz CT molecular complexity index is 1950. The lowest BCUT2D eigenvalue weighted by Gasteiger charge is -2.31. The van der Waals surface area contributed by atoms with E-state index < -0.39 is 11.8 Å². The standard InChI is InChI=1S/C40H38IN3O6/c1-48-22-26-21-30-37(40(47)44(39(30)46)29-14-12-28(13-15-29)43-27-8-4-3-5-9-27)31-23-50-34(36(26)31)16-11-25(33-10-6-7-17-42-33)18-24-19-32(41)38(45)35(20-24)49-2/h3-10,12-15,17-20,30-31,34,37,43,45H,11,16,21-23H2,1-2H3/b25-18-/t30-,31+,34-,37-/m1/s1. The highest BCUT2D eigenvalue weighted by molar-refractivity contribution is 14.1. The number of para-hydroxylation sites is 1. The predicted molar refractivity (Wildman–Crippen MR) is 201 cm³/mol. The molecule has 4 atom stereocenters. The topological polar surface area (TPSA) is 110 Å². The Morgan fingerprint density at radius 1 is 1.00 bits per heavy atom. The van der Waals surface area contributed by atoms with Crippen LogP contribution in [0.15, 0.2) is 102 Å². The highest BCUT2D eigenvalue weighted by Crippen LogP contribution is 2.51. The molecule has 2 amide bonds. The SMILES string of the molecule is COCC1=C2[C@@H](CC/C(=C/c3cc(I)c(O)c(OC)c3)c3ccccn3)OC[C@@H]2[C@@H]2C(=O)N(c3ccc(Nc4ccccc4)cc3)C(=O)[C@@H]2C1. The summed E-state index contributed by atoms with van der Waals surface area (Å²) in [5.74, 6) is -0.963. The number of benzene rings is 3. The average molecular weight is 784 g/mol. The van der Waals surface area contributed by atoms with Crippen LogP contribution in [0, 0.1) is 21.3 Å². The molecule has 3 aliphatic rings. The van der Waals surface area contributed by atoms with Crippen LogP contribution in [0.5, 0.6) is 11.5 Å². The van der Waals surface area contributed by atoms with E-state index in [4.69, 9.17) is 14.2 Å². The lowest BCUT2D eigenvalue weighted by atomic mass is 9.69. The van der Waals surface area contributed by atoms with Crippen molar-refractivity contribution in [1.29, 1.82) is 0 Å². The summed E-state index contributed by atoms with van der Waals surface area (Å²) >= 11 is 2.10. The molecule has 2 fully saturated rings. The minimum Gasteiger partial charge on any atom is -0.504 e. The van der Waals surface area contributed by atoms with Crippen LogP contribution in [0.25, 0.3) is 11.6 Å². The number of carbonyl (C=O) groups excluding carboxylic acids is 2. The van der Waals surface area contributed by atoms with Crippen molar-refractivity contribution < 1.29 is 28.9 Å². The maximum atomic E-state index is 14.1. The Morgan fingerprint density at radius 3 is 2.48 bits per heavy atom. The van der Waals surface area contributed by atoms with Crippen LogP contribution < -0.4 is 15.0 Å². The number of phenols is 1. The third-order valence-electron chi connectivity index (χ3n) is 9.80. The van der Waals surface area contributed by atoms with Crippen LogP contribution >= 0.6 is 22.6 Å². The van der Waals surface area contributed by atoms with Gasteiger partial charge in [0.1, 0.15) is 0 Å². The Hall–Kier alpha value is -4.52. The number of nitrogens with zero attached hydrogens (tertiary/aromatic N) is 2. The number of amides is 2.